The Morgan fingerprint density at radius 3 is 2.59 bits per heavy atom. The maximum atomic E-state index is 12.8. The number of hydrogen-bond donors (Lipinski definition) is 0. The minimum absolute atomic E-state index is 0.182. The van der Waals surface area contributed by atoms with Crippen LogP contribution >= 0.6 is 11.8 Å². The Morgan fingerprint density at radius 1 is 1.09 bits per heavy atom. The summed E-state index contributed by atoms with van der Waals surface area (Å²) in [5.41, 5.74) is 3.65. The monoisotopic (exact) mass is 315 g/mol. The van der Waals surface area contributed by atoms with Gasteiger partial charge >= 0.3 is 0 Å². The molecular formula is C18H18FNOS. The van der Waals surface area contributed by atoms with Crippen LogP contribution in [0, 0.1) is 5.82 Å². The number of halogens is 1. The lowest BCUT2D eigenvalue weighted by Crippen LogP contribution is -2.37. The third kappa shape index (κ3) is 3.69. The van der Waals surface area contributed by atoms with Gasteiger partial charge in [-0.2, -0.15) is 0 Å². The molecule has 2 aromatic rings. The summed E-state index contributed by atoms with van der Waals surface area (Å²) >= 11 is 1.58. The lowest BCUT2D eigenvalue weighted by atomic mass is 10.00. The van der Waals surface area contributed by atoms with E-state index in [-0.39, 0.29) is 11.7 Å². The molecule has 1 aliphatic heterocycles. The average Bonchev–Trinajstić information content (AvgIpc) is 2.56. The van der Waals surface area contributed by atoms with Crippen molar-refractivity contribution in [2.75, 3.05) is 12.3 Å². The first-order valence-electron chi connectivity index (χ1n) is 7.39. The van der Waals surface area contributed by atoms with Crippen molar-refractivity contribution < 1.29 is 9.18 Å². The van der Waals surface area contributed by atoms with Crippen molar-refractivity contribution in [3.05, 3.63) is 71.0 Å². The van der Waals surface area contributed by atoms with Crippen LogP contribution in [0.5, 0.6) is 0 Å². The van der Waals surface area contributed by atoms with Gasteiger partial charge in [0, 0.05) is 18.8 Å². The van der Waals surface area contributed by atoms with Crippen LogP contribution in [0.4, 0.5) is 4.39 Å². The highest BCUT2D eigenvalue weighted by atomic mass is 32.2. The molecule has 0 N–H and O–H groups in total. The average molecular weight is 315 g/mol. The summed E-state index contributed by atoms with van der Waals surface area (Å²) in [6.07, 6.45) is 0.935. The zero-order chi connectivity index (χ0) is 15.4. The van der Waals surface area contributed by atoms with Gasteiger partial charge in [0.2, 0.25) is 5.91 Å². The van der Waals surface area contributed by atoms with Gasteiger partial charge in [-0.1, -0.05) is 36.4 Å². The molecule has 2 aromatic carbocycles. The molecule has 114 valence electrons. The third-order valence-corrected chi connectivity index (χ3v) is 4.88. The zero-order valence-corrected chi connectivity index (χ0v) is 13.1. The molecule has 0 saturated carbocycles. The number of nitrogens with zero attached hydrogens (tertiary/aromatic N) is 1. The largest absolute Gasteiger partial charge is 0.337 e. The number of thioether (sulfide) groups is 1. The fourth-order valence-electron chi connectivity index (χ4n) is 2.64. The summed E-state index contributed by atoms with van der Waals surface area (Å²) in [4.78, 5) is 14.2. The molecule has 0 aliphatic carbocycles. The second-order valence-electron chi connectivity index (χ2n) is 5.45. The van der Waals surface area contributed by atoms with E-state index in [9.17, 15) is 9.18 Å². The van der Waals surface area contributed by atoms with Crippen molar-refractivity contribution in [1.82, 2.24) is 4.90 Å². The minimum atomic E-state index is -0.225. The van der Waals surface area contributed by atoms with Crippen molar-refractivity contribution in [1.29, 1.82) is 0 Å². The molecule has 0 radical (unpaired) electrons. The van der Waals surface area contributed by atoms with Gasteiger partial charge in [0.1, 0.15) is 5.82 Å². The van der Waals surface area contributed by atoms with Crippen LogP contribution in [-0.2, 0) is 23.5 Å². The molecule has 1 aliphatic rings. The Morgan fingerprint density at radius 2 is 1.82 bits per heavy atom. The number of carbonyl (C=O) groups is 1. The first-order valence-corrected chi connectivity index (χ1v) is 8.54. The van der Waals surface area contributed by atoms with Crippen LogP contribution in [0.15, 0.2) is 48.5 Å². The first-order chi connectivity index (χ1) is 10.7. The lowest BCUT2D eigenvalue weighted by molar-refractivity contribution is -0.129. The fraction of sp³-hybridized carbons (Fsp3) is 0.278. The van der Waals surface area contributed by atoms with Gasteiger partial charge in [0.25, 0.3) is 0 Å². The van der Waals surface area contributed by atoms with E-state index in [0.29, 0.717) is 12.3 Å². The molecule has 0 aromatic heterocycles. The summed E-state index contributed by atoms with van der Waals surface area (Å²) < 4.78 is 12.8. The summed E-state index contributed by atoms with van der Waals surface area (Å²) in [5.74, 6) is 1.16. The van der Waals surface area contributed by atoms with Crippen LogP contribution in [-0.4, -0.2) is 23.1 Å². The van der Waals surface area contributed by atoms with Crippen molar-refractivity contribution >= 4 is 17.7 Å². The van der Waals surface area contributed by atoms with Crippen molar-refractivity contribution in [2.24, 2.45) is 0 Å². The number of amides is 1. The van der Waals surface area contributed by atoms with Crippen molar-refractivity contribution in [3.63, 3.8) is 0 Å². The van der Waals surface area contributed by atoms with Crippen molar-refractivity contribution in [2.45, 2.75) is 18.7 Å². The number of benzene rings is 2. The predicted octanol–water partition coefficient (Wildman–Crippen LogP) is 3.64. The van der Waals surface area contributed by atoms with Crippen LogP contribution in [0.25, 0.3) is 0 Å². The van der Waals surface area contributed by atoms with E-state index in [0.717, 1.165) is 24.3 Å². The lowest BCUT2D eigenvalue weighted by Gasteiger charge is -2.28. The van der Waals surface area contributed by atoms with E-state index in [1.807, 2.05) is 11.0 Å². The number of carbonyl (C=O) groups excluding carboxylic acids is 1. The Labute approximate surface area is 134 Å². The Hall–Kier alpha value is -1.81. The standard InChI is InChI=1S/C18H18FNOS/c19-17-7-5-14(6-8-17)12-22-13-18(21)20-10-9-15-3-1-2-4-16(15)11-20/h1-8H,9-13H2. The highest BCUT2D eigenvalue weighted by Gasteiger charge is 2.19. The molecule has 0 spiro atoms. The molecular weight excluding hydrogens is 297 g/mol. The quantitative estimate of drug-likeness (QED) is 0.858. The van der Waals surface area contributed by atoms with E-state index in [1.165, 1.54) is 23.3 Å². The Kier molecular flexibility index (Phi) is 4.78. The van der Waals surface area contributed by atoms with Gasteiger partial charge in [0.05, 0.1) is 5.75 Å². The van der Waals surface area contributed by atoms with E-state index in [1.54, 1.807) is 23.9 Å². The molecule has 0 saturated heterocycles. The van der Waals surface area contributed by atoms with Crippen LogP contribution in [0.1, 0.15) is 16.7 Å². The summed E-state index contributed by atoms with van der Waals surface area (Å²) in [5, 5.41) is 0. The number of fused-ring (bicyclic) bond motifs is 1. The number of hydrogen-bond acceptors (Lipinski definition) is 2. The molecule has 4 heteroatoms. The topological polar surface area (TPSA) is 20.3 Å². The third-order valence-electron chi connectivity index (χ3n) is 3.89. The molecule has 1 amide bonds. The van der Waals surface area contributed by atoms with E-state index in [2.05, 4.69) is 18.2 Å². The highest BCUT2D eigenvalue weighted by molar-refractivity contribution is 7.99. The Balaban J connectivity index is 1.50. The van der Waals surface area contributed by atoms with Crippen LogP contribution in [0.2, 0.25) is 0 Å². The summed E-state index contributed by atoms with van der Waals surface area (Å²) in [6, 6.07) is 14.8. The van der Waals surface area contributed by atoms with Crippen molar-refractivity contribution in [3.8, 4) is 0 Å². The summed E-state index contributed by atoms with van der Waals surface area (Å²) in [7, 11) is 0. The van der Waals surface area contributed by atoms with Gasteiger partial charge in [-0.05, 0) is 35.2 Å². The fourth-order valence-corrected chi connectivity index (χ4v) is 3.52. The van der Waals surface area contributed by atoms with E-state index >= 15 is 0 Å². The SMILES string of the molecule is O=C(CSCc1ccc(F)cc1)N1CCc2ccccc2C1. The van der Waals surface area contributed by atoms with Gasteiger partial charge in [-0.25, -0.2) is 4.39 Å². The zero-order valence-electron chi connectivity index (χ0n) is 12.3. The van der Waals surface area contributed by atoms with Gasteiger partial charge in [0.15, 0.2) is 0 Å². The molecule has 22 heavy (non-hydrogen) atoms. The smallest absolute Gasteiger partial charge is 0.232 e. The molecule has 2 nitrogen and oxygen atoms in total. The van der Waals surface area contributed by atoms with Gasteiger partial charge in [-0.15, -0.1) is 11.8 Å². The molecule has 0 unspecified atom stereocenters. The van der Waals surface area contributed by atoms with E-state index in [4.69, 9.17) is 0 Å². The molecule has 0 fully saturated rings. The second kappa shape index (κ2) is 6.97. The first kappa shape index (κ1) is 15.1. The normalized spacial score (nSPS) is 13.8. The van der Waals surface area contributed by atoms with Gasteiger partial charge < -0.3 is 4.90 Å². The number of rotatable bonds is 4. The molecule has 3 rings (SSSR count). The Bertz CT molecular complexity index is 656. The second-order valence-corrected chi connectivity index (χ2v) is 6.44. The van der Waals surface area contributed by atoms with Crippen LogP contribution < -0.4 is 0 Å². The molecule has 1 heterocycles. The minimum Gasteiger partial charge on any atom is -0.337 e. The maximum Gasteiger partial charge on any atom is 0.232 e. The van der Waals surface area contributed by atoms with Gasteiger partial charge in [-0.3, -0.25) is 4.79 Å². The maximum absolute atomic E-state index is 12.8. The predicted molar refractivity (Wildman–Crippen MR) is 88.1 cm³/mol. The molecule has 0 bridgehead atoms. The van der Waals surface area contributed by atoms with Crippen LogP contribution in [0.3, 0.4) is 0 Å². The summed E-state index contributed by atoms with van der Waals surface area (Å²) in [6.45, 7) is 1.51. The highest BCUT2D eigenvalue weighted by Crippen LogP contribution is 2.20. The van der Waals surface area contributed by atoms with E-state index < -0.39 is 0 Å². The molecule has 0 atom stereocenters.